The zero-order chi connectivity index (χ0) is 24.8. The van der Waals surface area contributed by atoms with Gasteiger partial charge in [-0.1, -0.05) is 6.07 Å². The maximum atomic E-state index is 13.2. The predicted octanol–water partition coefficient (Wildman–Crippen LogP) is 3.94. The highest BCUT2D eigenvalue weighted by atomic mass is 32.2. The minimum absolute atomic E-state index is 0.135. The van der Waals surface area contributed by atoms with Crippen molar-refractivity contribution in [1.29, 1.82) is 0 Å². The number of carbonyl (C=O) groups is 1. The van der Waals surface area contributed by atoms with Gasteiger partial charge in [0.2, 0.25) is 0 Å². The van der Waals surface area contributed by atoms with Crippen LogP contribution in [0.5, 0.6) is 5.75 Å². The summed E-state index contributed by atoms with van der Waals surface area (Å²) in [5.74, 6) is -0.633. The Bertz CT molecular complexity index is 1300. The van der Waals surface area contributed by atoms with Crippen LogP contribution in [-0.4, -0.2) is 60.7 Å². The zero-order valence-corrected chi connectivity index (χ0v) is 19.6. The third-order valence-corrected chi connectivity index (χ3v) is 7.02. The molecule has 34 heavy (non-hydrogen) atoms. The molecule has 1 aliphatic carbocycles. The first-order chi connectivity index (χ1) is 15.8. The van der Waals surface area contributed by atoms with E-state index in [2.05, 4.69) is 4.98 Å². The number of aromatic nitrogens is 2. The number of imidazole rings is 1. The van der Waals surface area contributed by atoms with E-state index in [4.69, 9.17) is 4.74 Å². The first kappa shape index (κ1) is 24.1. The monoisotopic (exact) mass is 495 g/mol. The van der Waals surface area contributed by atoms with Gasteiger partial charge in [0, 0.05) is 38.2 Å². The molecule has 3 unspecified atom stereocenters. The van der Waals surface area contributed by atoms with E-state index >= 15 is 0 Å². The van der Waals surface area contributed by atoms with Crippen LogP contribution in [0.15, 0.2) is 53.7 Å². The van der Waals surface area contributed by atoms with Crippen LogP contribution in [0, 0.1) is 5.92 Å². The number of pyridine rings is 1. The summed E-state index contributed by atoms with van der Waals surface area (Å²) in [5.41, 5.74) is 1.51. The molecule has 0 spiro atoms. The Morgan fingerprint density at radius 3 is 2.68 bits per heavy atom. The summed E-state index contributed by atoms with van der Waals surface area (Å²) in [6, 6.07) is 8.99. The Morgan fingerprint density at radius 2 is 2.03 bits per heavy atom. The average molecular weight is 496 g/mol. The molecule has 3 aromatic rings. The van der Waals surface area contributed by atoms with Crippen molar-refractivity contribution >= 4 is 21.4 Å². The van der Waals surface area contributed by atoms with Crippen LogP contribution >= 0.6 is 0 Å². The Balaban J connectivity index is 1.53. The molecule has 0 saturated heterocycles. The number of carbonyl (C=O) groups excluding carboxylic acids is 1. The lowest BCUT2D eigenvalue weighted by Gasteiger charge is -2.22. The van der Waals surface area contributed by atoms with Crippen LogP contribution in [0.2, 0.25) is 0 Å². The maximum Gasteiger partial charge on any atom is 0.425 e. The summed E-state index contributed by atoms with van der Waals surface area (Å²) in [7, 11) is -2.15. The molecule has 11 heteroatoms. The molecular weight excluding hydrogens is 471 g/mol. The molecule has 0 N–H and O–H groups in total. The van der Waals surface area contributed by atoms with Gasteiger partial charge in [-0.05, 0) is 49.6 Å². The first-order valence-electron chi connectivity index (χ1n) is 10.6. The van der Waals surface area contributed by atoms with E-state index in [1.165, 1.54) is 11.9 Å². The lowest BCUT2D eigenvalue weighted by molar-refractivity contribution is -0.189. The van der Waals surface area contributed by atoms with Gasteiger partial charge in [-0.2, -0.15) is 13.2 Å². The standard InChI is InChI=1S/C23H24F3N3O4S/c1-14(23(24,25)26)33-20-8-7-16(34(3,31)32)11-18(20)22(30)28(2)12-15-10-17(15)19-13-29-9-5-4-6-21(29)27-19/h4-9,11,13-15,17H,10,12H2,1-3H3. The van der Waals surface area contributed by atoms with Crippen LogP contribution in [0.4, 0.5) is 13.2 Å². The van der Waals surface area contributed by atoms with Crippen LogP contribution in [-0.2, 0) is 9.84 Å². The lowest BCUT2D eigenvalue weighted by atomic mass is 10.1. The lowest BCUT2D eigenvalue weighted by Crippen LogP contribution is -2.33. The third-order valence-electron chi connectivity index (χ3n) is 5.91. The average Bonchev–Trinajstić information content (AvgIpc) is 3.38. The molecule has 1 aromatic carbocycles. The molecule has 1 amide bonds. The van der Waals surface area contributed by atoms with Crippen molar-refractivity contribution < 1.29 is 31.1 Å². The predicted molar refractivity (Wildman–Crippen MR) is 119 cm³/mol. The van der Waals surface area contributed by atoms with Crippen LogP contribution in [0.1, 0.15) is 35.3 Å². The van der Waals surface area contributed by atoms with Gasteiger partial charge >= 0.3 is 6.18 Å². The van der Waals surface area contributed by atoms with E-state index in [1.54, 1.807) is 0 Å². The van der Waals surface area contributed by atoms with Gasteiger partial charge in [0.15, 0.2) is 15.9 Å². The topological polar surface area (TPSA) is 81.0 Å². The highest BCUT2D eigenvalue weighted by molar-refractivity contribution is 7.90. The molecule has 182 valence electrons. The van der Waals surface area contributed by atoms with Crippen molar-refractivity contribution in [2.75, 3.05) is 19.8 Å². The van der Waals surface area contributed by atoms with Crippen LogP contribution in [0.25, 0.3) is 5.65 Å². The van der Waals surface area contributed by atoms with Gasteiger partial charge < -0.3 is 14.0 Å². The first-order valence-corrected chi connectivity index (χ1v) is 12.5. The number of nitrogens with zero attached hydrogens (tertiary/aromatic N) is 3. The number of fused-ring (bicyclic) bond motifs is 1. The van der Waals surface area contributed by atoms with E-state index in [9.17, 15) is 26.4 Å². The normalized spacial score (nSPS) is 19.1. The van der Waals surface area contributed by atoms with E-state index in [-0.39, 0.29) is 28.0 Å². The van der Waals surface area contributed by atoms with Crippen molar-refractivity contribution in [2.45, 2.75) is 36.4 Å². The van der Waals surface area contributed by atoms with Crippen LogP contribution in [0.3, 0.4) is 0 Å². The molecule has 0 radical (unpaired) electrons. The van der Waals surface area contributed by atoms with Gasteiger partial charge in [0.25, 0.3) is 5.91 Å². The fourth-order valence-electron chi connectivity index (χ4n) is 3.85. The number of rotatable bonds is 7. The van der Waals surface area contributed by atoms with E-state index in [1.807, 2.05) is 35.0 Å². The Kier molecular flexibility index (Phi) is 6.09. The highest BCUT2D eigenvalue weighted by Crippen LogP contribution is 2.47. The summed E-state index contributed by atoms with van der Waals surface area (Å²) in [4.78, 5) is 19.0. The van der Waals surface area contributed by atoms with E-state index < -0.39 is 28.0 Å². The molecular formula is C23H24F3N3O4S. The Labute approximate surface area is 195 Å². The van der Waals surface area contributed by atoms with Gasteiger partial charge in [-0.3, -0.25) is 4.79 Å². The van der Waals surface area contributed by atoms with Crippen molar-refractivity contribution in [3.63, 3.8) is 0 Å². The number of hydrogen-bond acceptors (Lipinski definition) is 5. The molecule has 2 heterocycles. The largest absolute Gasteiger partial charge is 0.480 e. The molecule has 1 saturated carbocycles. The Morgan fingerprint density at radius 1 is 1.29 bits per heavy atom. The van der Waals surface area contributed by atoms with Crippen molar-refractivity contribution in [1.82, 2.24) is 14.3 Å². The third kappa shape index (κ3) is 5.03. The fourth-order valence-corrected chi connectivity index (χ4v) is 4.50. The van der Waals surface area contributed by atoms with Crippen LogP contribution < -0.4 is 4.74 Å². The fraction of sp³-hybridized carbons (Fsp3) is 0.391. The minimum atomic E-state index is -4.64. The molecule has 1 aliphatic rings. The van der Waals surface area contributed by atoms with Gasteiger partial charge in [0.1, 0.15) is 11.4 Å². The van der Waals surface area contributed by atoms with Crippen molar-refractivity contribution in [2.24, 2.45) is 5.92 Å². The number of ether oxygens (including phenoxy) is 1. The second-order valence-corrected chi connectivity index (χ2v) is 10.7. The SMILES string of the molecule is CC(Oc1ccc(S(C)(=O)=O)cc1C(=O)N(C)CC1CC1c1cn2ccccc2n1)C(F)(F)F. The van der Waals surface area contributed by atoms with E-state index in [0.717, 1.165) is 49.1 Å². The summed E-state index contributed by atoms with van der Waals surface area (Å²) in [5, 5.41) is 0. The smallest absolute Gasteiger partial charge is 0.425 e. The number of amides is 1. The number of alkyl halides is 3. The van der Waals surface area contributed by atoms with Gasteiger partial charge in [-0.25, -0.2) is 13.4 Å². The molecule has 2 aromatic heterocycles. The number of benzene rings is 1. The summed E-state index contributed by atoms with van der Waals surface area (Å²) in [6.07, 6.45) is -1.19. The highest BCUT2D eigenvalue weighted by Gasteiger charge is 2.42. The summed E-state index contributed by atoms with van der Waals surface area (Å²) >= 11 is 0. The van der Waals surface area contributed by atoms with Crippen molar-refractivity contribution in [3.8, 4) is 5.75 Å². The van der Waals surface area contributed by atoms with Gasteiger partial charge in [0.05, 0.1) is 16.2 Å². The van der Waals surface area contributed by atoms with Gasteiger partial charge in [-0.15, -0.1) is 0 Å². The zero-order valence-electron chi connectivity index (χ0n) is 18.8. The number of halogens is 3. The second kappa shape index (κ2) is 8.61. The molecule has 1 fully saturated rings. The molecule has 7 nitrogen and oxygen atoms in total. The summed E-state index contributed by atoms with van der Waals surface area (Å²) < 4.78 is 70.0. The molecule has 0 aliphatic heterocycles. The number of sulfone groups is 1. The molecule has 0 bridgehead atoms. The van der Waals surface area contributed by atoms with Crippen molar-refractivity contribution in [3.05, 3.63) is 60.0 Å². The maximum absolute atomic E-state index is 13.2. The quantitative estimate of drug-likeness (QED) is 0.496. The van der Waals surface area contributed by atoms with E-state index in [0.29, 0.717) is 6.54 Å². The molecule has 4 rings (SSSR count). The minimum Gasteiger partial charge on any atom is -0.480 e. The second-order valence-electron chi connectivity index (χ2n) is 8.65. The number of hydrogen-bond donors (Lipinski definition) is 0. The molecule has 3 atom stereocenters. The summed E-state index contributed by atoms with van der Waals surface area (Å²) in [6.45, 7) is 1.17. The Hall–Kier alpha value is -3.08.